The van der Waals surface area contributed by atoms with Crippen molar-refractivity contribution in [2.45, 2.75) is 19.8 Å². The molecule has 2 nitrogen and oxygen atoms in total. The molecule has 0 saturated carbocycles. The quantitative estimate of drug-likeness (QED) is 0.663. The molecule has 0 saturated heterocycles. The van der Waals surface area contributed by atoms with Gasteiger partial charge in [-0.15, -0.1) is 0 Å². The topological polar surface area (TPSA) is 28.7 Å². The summed E-state index contributed by atoms with van der Waals surface area (Å²) in [6.45, 7) is 4.29. The van der Waals surface area contributed by atoms with Crippen LogP contribution in [0, 0.1) is 4.64 Å². The average Bonchev–Trinajstić information content (AvgIpc) is 2.46. The molecule has 3 aromatic rings. The van der Waals surface area contributed by atoms with E-state index in [1.165, 1.54) is 10.8 Å². The highest BCUT2D eigenvalue weighted by molar-refractivity contribution is 7.71. The van der Waals surface area contributed by atoms with E-state index in [0.29, 0.717) is 10.6 Å². The molecule has 1 heterocycles. The summed E-state index contributed by atoms with van der Waals surface area (Å²) < 4.78 is 0.635. The molecule has 20 heavy (non-hydrogen) atoms. The number of benzene rings is 2. The van der Waals surface area contributed by atoms with Gasteiger partial charge in [-0.3, -0.25) is 0 Å². The molecule has 0 spiro atoms. The fourth-order valence-electron chi connectivity index (χ4n) is 2.35. The second-order valence-corrected chi connectivity index (χ2v) is 5.62. The lowest BCUT2D eigenvalue weighted by Gasteiger charge is -2.10. The fourth-order valence-corrected chi connectivity index (χ4v) is 2.56. The van der Waals surface area contributed by atoms with Crippen molar-refractivity contribution in [3.05, 3.63) is 58.9 Å². The smallest absolute Gasteiger partial charge is 0.139 e. The highest BCUT2D eigenvalue weighted by Gasteiger charge is 2.08. The monoisotopic (exact) mass is 280 g/mol. The zero-order chi connectivity index (χ0) is 14.1. The van der Waals surface area contributed by atoms with Gasteiger partial charge in [0.25, 0.3) is 0 Å². The van der Waals surface area contributed by atoms with Crippen LogP contribution in [0.25, 0.3) is 22.2 Å². The van der Waals surface area contributed by atoms with E-state index < -0.39 is 0 Å². The maximum absolute atomic E-state index is 5.30. The lowest BCUT2D eigenvalue weighted by atomic mass is 10.0. The number of nitrogens with one attached hydrogen (secondary N) is 1. The largest absolute Gasteiger partial charge is 0.343 e. The van der Waals surface area contributed by atoms with E-state index in [2.05, 4.69) is 54.1 Å². The van der Waals surface area contributed by atoms with Crippen molar-refractivity contribution in [1.29, 1.82) is 0 Å². The Hall–Kier alpha value is -2.00. The molecule has 2 aromatic carbocycles. The summed E-state index contributed by atoms with van der Waals surface area (Å²) in [6, 6.07) is 16.5. The lowest BCUT2D eigenvalue weighted by Crippen LogP contribution is -1.98. The highest BCUT2D eigenvalue weighted by atomic mass is 32.1. The van der Waals surface area contributed by atoms with Crippen LogP contribution in [-0.2, 0) is 0 Å². The van der Waals surface area contributed by atoms with Crippen molar-refractivity contribution < 1.29 is 0 Å². The van der Waals surface area contributed by atoms with Crippen molar-refractivity contribution in [3.63, 3.8) is 0 Å². The first-order valence-corrected chi connectivity index (χ1v) is 7.15. The Morgan fingerprint density at radius 3 is 2.60 bits per heavy atom. The van der Waals surface area contributed by atoms with Crippen molar-refractivity contribution in [2.75, 3.05) is 0 Å². The molecular formula is C17H16N2S. The molecule has 0 atom stereocenters. The summed E-state index contributed by atoms with van der Waals surface area (Å²) in [7, 11) is 0. The Kier molecular flexibility index (Phi) is 3.36. The van der Waals surface area contributed by atoms with Crippen molar-refractivity contribution in [1.82, 2.24) is 9.97 Å². The normalized spacial score (nSPS) is 11.2. The van der Waals surface area contributed by atoms with Crippen LogP contribution in [0.2, 0.25) is 0 Å². The first-order chi connectivity index (χ1) is 9.65. The summed E-state index contributed by atoms with van der Waals surface area (Å²) in [5, 5.41) is 2.40. The van der Waals surface area contributed by atoms with Gasteiger partial charge >= 0.3 is 0 Å². The van der Waals surface area contributed by atoms with Gasteiger partial charge in [0.2, 0.25) is 0 Å². The first-order valence-electron chi connectivity index (χ1n) is 6.74. The van der Waals surface area contributed by atoms with Crippen LogP contribution in [0.15, 0.2) is 48.5 Å². The Bertz CT molecular complexity index is 813. The number of nitrogens with zero attached hydrogens (tertiary/aromatic N) is 1. The fraction of sp³-hybridized carbons (Fsp3) is 0.176. The molecule has 1 N–H and O–H groups in total. The van der Waals surface area contributed by atoms with Gasteiger partial charge < -0.3 is 4.98 Å². The summed E-state index contributed by atoms with van der Waals surface area (Å²) in [4.78, 5) is 7.91. The van der Waals surface area contributed by atoms with Gasteiger partial charge in [-0.25, -0.2) is 4.98 Å². The van der Waals surface area contributed by atoms with Gasteiger partial charge in [0.1, 0.15) is 10.5 Å². The second-order valence-electron chi connectivity index (χ2n) is 5.20. The van der Waals surface area contributed by atoms with Crippen LogP contribution < -0.4 is 0 Å². The van der Waals surface area contributed by atoms with E-state index in [1.54, 1.807) is 0 Å². The predicted octanol–water partition coefficient (Wildman–Crippen LogP) is 5.08. The number of hydrogen-bond acceptors (Lipinski definition) is 2. The molecule has 0 bridgehead atoms. The molecule has 0 aliphatic carbocycles. The van der Waals surface area contributed by atoms with Crippen LogP contribution in [0.3, 0.4) is 0 Å². The number of hydrogen-bond donors (Lipinski definition) is 1. The molecule has 1 aromatic heterocycles. The van der Waals surface area contributed by atoms with E-state index >= 15 is 0 Å². The van der Waals surface area contributed by atoms with Crippen LogP contribution in [-0.4, -0.2) is 9.97 Å². The highest BCUT2D eigenvalue weighted by Crippen LogP contribution is 2.27. The molecule has 0 aliphatic heterocycles. The molecular weight excluding hydrogens is 264 g/mol. The van der Waals surface area contributed by atoms with Gasteiger partial charge in [0.05, 0.1) is 0 Å². The minimum absolute atomic E-state index is 0.397. The van der Waals surface area contributed by atoms with Gasteiger partial charge in [-0.1, -0.05) is 68.5 Å². The van der Waals surface area contributed by atoms with Crippen molar-refractivity contribution >= 4 is 23.0 Å². The van der Waals surface area contributed by atoms with Crippen LogP contribution in [0.4, 0.5) is 0 Å². The van der Waals surface area contributed by atoms with Crippen LogP contribution in [0.1, 0.15) is 25.5 Å². The summed E-state index contributed by atoms with van der Waals surface area (Å²) in [6.07, 6.45) is 0. The second kappa shape index (κ2) is 5.17. The molecule has 100 valence electrons. The van der Waals surface area contributed by atoms with Gasteiger partial charge in [-0.2, -0.15) is 0 Å². The van der Waals surface area contributed by atoms with E-state index in [4.69, 9.17) is 12.2 Å². The lowest BCUT2D eigenvalue weighted by molar-refractivity contribution is 0.815. The standard InChI is InChI=1S/C17H16N2S/c1-11(2)15-10-16(20)19-17(18-15)14-9-5-7-12-6-3-4-8-13(12)14/h3-11H,1-2H3,(H,18,19,20). The third-order valence-corrected chi connectivity index (χ3v) is 3.64. The van der Waals surface area contributed by atoms with Crippen LogP contribution >= 0.6 is 12.2 Å². The SMILES string of the molecule is CC(C)c1cc(=S)nc(-c2cccc3ccccc23)[nH]1. The maximum Gasteiger partial charge on any atom is 0.139 e. The Morgan fingerprint density at radius 1 is 1.05 bits per heavy atom. The van der Waals surface area contributed by atoms with Gasteiger partial charge in [0.15, 0.2) is 0 Å². The van der Waals surface area contributed by atoms with Crippen molar-refractivity contribution in [3.8, 4) is 11.4 Å². The van der Waals surface area contributed by atoms with Gasteiger partial charge in [0, 0.05) is 11.3 Å². The number of fused-ring (bicyclic) bond motifs is 1. The molecule has 0 unspecified atom stereocenters. The van der Waals surface area contributed by atoms with E-state index in [1.807, 2.05) is 18.2 Å². The first kappa shape index (κ1) is 13.0. The zero-order valence-corrected chi connectivity index (χ0v) is 12.4. The van der Waals surface area contributed by atoms with E-state index in [0.717, 1.165) is 17.1 Å². The summed E-state index contributed by atoms with van der Waals surface area (Å²) in [5.74, 6) is 1.24. The molecule has 0 amide bonds. The molecule has 0 radical (unpaired) electrons. The number of H-pyrrole nitrogens is 1. The molecule has 0 aliphatic rings. The van der Waals surface area contributed by atoms with Gasteiger partial charge in [-0.05, 0) is 22.8 Å². The molecule has 3 rings (SSSR count). The van der Waals surface area contributed by atoms with Crippen LogP contribution in [0.5, 0.6) is 0 Å². The zero-order valence-electron chi connectivity index (χ0n) is 11.6. The minimum atomic E-state index is 0.397. The molecule has 3 heteroatoms. The third kappa shape index (κ3) is 2.37. The van der Waals surface area contributed by atoms with Crippen molar-refractivity contribution in [2.24, 2.45) is 0 Å². The predicted molar refractivity (Wildman–Crippen MR) is 86.5 cm³/mol. The Labute approximate surface area is 123 Å². The number of rotatable bonds is 2. The number of aromatic amines is 1. The Morgan fingerprint density at radius 2 is 1.80 bits per heavy atom. The number of aromatic nitrogens is 2. The van der Waals surface area contributed by atoms with E-state index in [9.17, 15) is 0 Å². The average molecular weight is 280 g/mol. The molecule has 0 fully saturated rings. The van der Waals surface area contributed by atoms with E-state index in [-0.39, 0.29) is 0 Å². The Balaban J connectivity index is 2.28. The summed E-state index contributed by atoms with van der Waals surface area (Å²) in [5.41, 5.74) is 2.21. The summed E-state index contributed by atoms with van der Waals surface area (Å²) >= 11 is 5.30. The maximum atomic E-state index is 5.30. The minimum Gasteiger partial charge on any atom is -0.343 e. The third-order valence-electron chi connectivity index (χ3n) is 3.43.